The maximum atomic E-state index is 11.8. The first-order valence-electron chi connectivity index (χ1n) is 10.6. The number of carbonyl (C=O) groups is 5. The minimum atomic E-state index is -1.33. The highest BCUT2D eigenvalue weighted by atomic mass is 16.7. The second-order valence-electron chi connectivity index (χ2n) is 8.37. The first-order valence-corrected chi connectivity index (χ1v) is 10.6. The Balaban J connectivity index is 3.06. The maximum absolute atomic E-state index is 11.8. The lowest BCUT2D eigenvalue weighted by molar-refractivity contribution is -0.307. The SMILES string of the molecule is CC(=O)OC[C@H]1O[C@@H](OCCNC(=O)OC(C)(C)C)[C@H](OC(C)=O)[C@@H](OC(C)=O)[C@H]1OC(C)=O. The van der Waals surface area contributed by atoms with Gasteiger partial charge in [0.15, 0.2) is 24.6 Å². The number of hydrogen-bond acceptors (Lipinski definition) is 12. The van der Waals surface area contributed by atoms with Crippen molar-refractivity contribution in [2.45, 2.75) is 84.8 Å². The molecule has 0 bridgehead atoms. The summed E-state index contributed by atoms with van der Waals surface area (Å²) in [5.41, 5.74) is -0.690. The third kappa shape index (κ3) is 10.8. The van der Waals surface area contributed by atoms with Crippen molar-refractivity contribution in [1.82, 2.24) is 5.32 Å². The molecule has 1 fully saturated rings. The van der Waals surface area contributed by atoms with E-state index in [2.05, 4.69) is 5.32 Å². The van der Waals surface area contributed by atoms with Crippen LogP contribution in [0.3, 0.4) is 0 Å². The van der Waals surface area contributed by atoms with Crippen molar-refractivity contribution in [2.24, 2.45) is 0 Å². The number of rotatable bonds is 9. The molecule has 1 N–H and O–H groups in total. The smallest absolute Gasteiger partial charge is 0.407 e. The fraction of sp³-hybridized carbons (Fsp3) is 0.762. The van der Waals surface area contributed by atoms with Crippen LogP contribution >= 0.6 is 0 Å². The molecule has 0 unspecified atom stereocenters. The average Bonchev–Trinajstić information content (AvgIpc) is 2.65. The summed E-state index contributed by atoms with van der Waals surface area (Å²) < 4.78 is 37.4. The Morgan fingerprint density at radius 1 is 0.794 bits per heavy atom. The second kappa shape index (κ2) is 13.1. The van der Waals surface area contributed by atoms with Crippen molar-refractivity contribution in [2.75, 3.05) is 19.8 Å². The number of carbonyl (C=O) groups excluding carboxylic acids is 5. The molecule has 0 aromatic carbocycles. The Bertz CT molecular complexity index is 747. The molecule has 194 valence electrons. The van der Waals surface area contributed by atoms with Crippen LogP contribution in [-0.4, -0.2) is 86.0 Å². The van der Waals surface area contributed by atoms with Gasteiger partial charge in [0.2, 0.25) is 0 Å². The van der Waals surface area contributed by atoms with Crippen LogP contribution in [0.25, 0.3) is 0 Å². The van der Waals surface area contributed by atoms with Crippen LogP contribution in [0.4, 0.5) is 4.79 Å². The molecular formula is C21H33NO12. The molecule has 0 radical (unpaired) electrons. The minimum Gasteiger partial charge on any atom is -0.463 e. The number of hydrogen-bond donors (Lipinski definition) is 1. The lowest BCUT2D eigenvalue weighted by Gasteiger charge is -2.44. The highest BCUT2D eigenvalue weighted by Gasteiger charge is 2.52. The molecule has 34 heavy (non-hydrogen) atoms. The van der Waals surface area contributed by atoms with Gasteiger partial charge in [0.25, 0.3) is 0 Å². The second-order valence-corrected chi connectivity index (χ2v) is 8.37. The minimum absolute atomic E-state index is 0.00177. The summed E-state index contributed by atoms with van der Waals surface area (Å²) in [5, 5.41) is 2.49. The summed E-state index contributed by atoms with van der Waals surface area (Å²) in [6, 6.07) is 0. The van der Waals surface area contributed by atoms with Gasteiger partial charge in [-0.3, -0.25) is 19.2 Å². The predicted molar refractivity (Wildman–Crippen MR) is 112 cm³/mol. The predicted octanol–water partition coefficient (Wildman–Crippen LogP) is 0.611. The van der Waals surface area contributed by atoms with Crippen molar-refractivity contribution >= 4 is 30.0 Å². The van der Waals surface area contributed by atoms with Gasteiger partial charge in [-0.1, -0.05) is 0 Å². The van der Waals surface area contributed by atoms with Crippen LogP contribution in [-0.2, 0) is 52.3 Å². The zero-order valence-electron chi connectivity index (χ0n) is 20.4. The molecule has 1 aliphatic rings. The maximum Gasteiger partial charge on any atom is 0.407 e. The Morgan fingerprint density at radius 3 is 1.82 bits per heavy atom. The summed E-state index contributed by atoms with van der Waals surface area (Å²) >= 11 is 0. The molecule has 1 aliphatic heterocycles. The monoisotopic (exact) mass is 491 g/mol. The molecule has 5 atom stereocenters. The van der Waals surface area contributed by atoms with E-state index in [1.807, 2.05) is 0 Å². The normalized spacial score (nSPS) is 24.4. The van der Waals surface area contributed by atoms with Crippen molar-refractivity contribution < 1.29 is 57.1 Å². The molecule has 1 heterocycles. The van der Waals surface area contributed by atoms with Crippen molar-refractivity contribution in [3.63, 3.8) is 0 Å². The van der Waals surface area contributed by atoms with E-state index in [1.165, 1.54) is 6.92 Å². The van der Waals surface area contributed by atoms with Gasteiger partial charge in [-0.15, -0.1) is 0 Å². The molecule has 13 heteroatoms. The van der Waals surface area contributed by atoms with Gasteiger partial charge in [0.1, 0.15) is 18.3 Å². The van der Waals surface area contributed by atoms with Gasteiger partial charge >= 0.3 is 30.0 Å². The van der Waals surface area contributed by atoms with Crippen LogP contribution in [0.1, 0.15) is 48.5 Å². The highest BCUT2D eigenvalue weighted by molar-refractivity contribution is 5.69. The summed E-state index contributed by atoms with van der Waals surface area (Å²) in [7, 11) is 0. The van der Waals surface area contributed by atoms with E-state index >= 15 is 0 Å². The largest absolute Gasteiger partial charge is 0.463 e. The quantitative estimate of drug-likeness (QED) is 0.272. The summed E-state index contributed by atoms with van der Waals surface area (Å²) in [6.45, 7) is 9.18. The summed E-state index contributed by atoms with van der Waals surface area (Å²) in [6.07, 6.45) is -7.04. The van der Waals surface area contributed by atoms with E-state index in [9.17, 15) is 24.0 Å². The molecule has 13 nitrogen and oxygen atoms in total. The first-order chi connectivity index (χ1) is 15.7. The zero-order chi connectivity index (χ0) is 26.1. The van der Waals surface area contributed by atoms with Crippen molar-refractivity contribution in [1.29, 1.82) is 0 Å². The van der Waals surface area contributed by atoms with Crippen LogP contribution in [0, 0.1) is 0 Å². The van der Waals surface area contributed by atoms with Crippen LogP contribution in [0.2, 0.25) is 0 Å². The lowest BCUT2D eigenvalue weighted by Crippen LogP contribution is -2.63. The third-order valence-electron chi connectivity index (χ3n) is 4.00. The van der Waals surface area contributed by atoms with Gasteiger partial charge in [0, 0.05) is 34.2 Å². The Hall–Kier alpha value is -2.93. The molecule has 0 saturated carbocycles. The molecule has 1 rings (SSSR count). The number of amides is 1. The molecule has 0 aromatic heterocycles. The van der Waals surface area contributed by atoms with Gasteiger partial charge in [-0.25, -0.2) is 4.79 Å². The number of nitrogens with one attached hydrogen (secondary N) is 1. The summed E-state index contributed by atoms with van der Waals surface area (Å²) in [5.74, 6) is -2.86. The molecule has 1 saturated heterocycles. The van der Waals surface area contributed by atoms with E-state index < -0.39 is 66.3 Å². The number of alkyl carbamates (subject to hydrolysis) is 1. The molecule has 0 aliphatic carbocycles. The lowest BCUT2D eigenvalue weighted by atomic mass is 9.98. The zero-order valence-corrected chi connectivity index (χ0v) is 20.4. The number of ether oxygens (including phenoxy) is 7. The van der Waals surface area contributed by atoms with Gasteiger partial charge in [-0.05, 0) is 20.8 Å². The molecule has 0 aromatic rings. The Morgan fingerprint density at radius 2 is 1.32 bits per heavy atom. The highest BCUT2D eigenvalue weighted by Crippen LogP contribution is 2.29. The average molecular weight is 491 g/mol. The first kappa shape index (κ1) is 29.1. The van der Waals surface area contributed by atoms with Crippen molar-refractivity contribution in [3.8, 4) is 0 Å². The van der Waals surface area contributed by atoms with Gasteiger partial charge < -0.3 is 38.5 Å². The van der Waals surface area contributed by atoms with Crippen LogP contribution in [0.15, 0.2) is 0 Å². The van der Waals surface area contributed by atoms with E-state index in [4.69, 9.17) is 33.2 Å². The third-order valence-corrected chi connectivity index (χ3v) is 4.00. The molecule has 0 spiro atoms. The molecule has 1 amide bonds. The Kier molecular flexibility index (Phi) is 11.2. The van der Waals surface area contributed by atoms with Gasteiger partial charge in [-0.2, -0.15) is 0 Å². The number of esters is 4. The van der Waals surface area contributed by atoms with E-state index in [-0.39, 0.29) is 19.8 Å². The Labute approximate surface area is 197 Å². The molecular weight excluding hydrogens is 458 g/mol. The standard InChI is InChI=1S/C21H33NO12/c1-11(23)29-10-15-16(30-12(2)24)17(31-13(3)25)18(32-14(4)26)19(33-15)28-9-8-22-20(27)34-21(5,6)7/h15-19H,8-10H2,1-7H3,(H,22,27)/t15-,16+,17+,18-,19-/m1/s1. The van der Waals surface area contributed by atoms with E-state index in [0.717, 1.165) is 20.8 Å². The van der Waals surface area contributed by atoms with Gasteiger partial charge in [0.05, 0.1) is 6.61 Å². The fourth-order valence-corrected chi connectivity index (χ4v) is 2.97. The summed E-state index contributed by atoms with van der Waals surface area (Å²) in [4.78, 5) is 58.3. The van der Waals surface area contributed by atoms with Crippen molar-refractivity contribution in [3.05, 3.63) is 0 Å². The van der Waals surface area contributed by atoms with Crippen LogP contribution in [0.5, 0.6) is 0 Å². The van der Waals surface area contributed by atoms with Crippen LogP contribution < -0.4 is 5.32 Å². The fourth-order valence-electron chi connectivity index (χ4n) is 2.97. The van der Waals surface area contributed by atoms with E-state index in [0.29, 0.717) is 0 Å². The topological polar surface area (TPSA) is 162 Å². The van der Waals surface area contributed by atoms with E-state index in [1.54, 1.807) is 20.8 Å².